The van der Waals surface area contributed by atoms with Crippen LogP contribution in [0.4, 0.5) is 17.6 Å². The number of hydrogen-bond acceptors (Lipinski definition) is 3. The molecule has 1 aliphatic carbocycles. The Labute approximate surface area is 212 Å². The van der Waals surface area contributed by atoms with Crippen molar-refractivity contribution in [2.75, 3.05) is 6.61 Å². The molecule has 1 aliphatic rings. The predicted molar refractivity (Wildman–Crippen MR) is 129 cm³/mol. The van der Waals surface area contributed by atoms with E-state index in [0.717, 1.165) is 30.3 Å². The number of aromatic nitrogens is 2. The Hall–Kier alpha value is -3.63. The fourth-order valence-electron chi connectivity index (χ4n) is 4.40. The van der Waals surface area contributed by atoms with Crippen molar-refractivity contribution in [2.45, 2.75) is 30.7 Å². The quantitative estimate of drug-likeness (QED) is 0.285. The maximum atomic E-state index is 14.7. The van der Waals surface area contributed by atoms with Gasteiger partial charge in [0, 0.05) is 18.0 Å². The normalized spacial score (nSPS) is 14.6. The highest BCUT2D eigenvalue weighted by atomic mass is 35.5. The van der Waals surface area contributed by atoms with Crippen LogP contribution in [-0.2, 0) is 0 Å². The average Bonchev–Trinajstić information content (AvgIpc) is 3.63. The Kier molecular flexibility index (Phi) is 6.33. The number of H-pyrrole nitrogens is 1. The Morgan fingerprint density at radius 2 is 1.86 bits per heavy atom. The van der Waals surface area contributed by atoms with Crippen LogP contribution in [0.5, 0.6) is 0 Å². The number of fused-ring (bicyclic) bond motifs is 1. The molecule has 1 atom stereocenters. The molecular formula is C26H20ClF4N3O3. The van der Waals surface area contributed by atoms with Crippen LogP contribution < -0.4 is 10.9 Å². The lowest BCUT2D eigenvalue weighted by atomic mass is 9.99. The first-order valence-electron chi connectivity index (χ1n) is 11.4. The fourth-order valence-corrected chi connectivity index (χ4v) is 4.52. The molecule has 192 valence electrons. The van der Waals surface area contributed by atoms with Crippen LogP contribution in [0.3, 0.4) is 0 Å². The Bertz CT molecular complexity index is 1560. The summed E-state index contributed by atoms with van der Waals surface area (Å²) in [6, 6.07) is 6.22. The minimum Gasteiger partial charge on any atom is -0.390 e. The first-order chi connectivity index (χ1) is 17.6. The topological polar surface area (TPSA) is 86.6 Å². The predicted octanol–water partition coefficient (Wildman–Crippen LogP) is 5.20. The molecule has 37 heavy (non-hydrogen) atoms. The van der Waals surface area contributed by atoms with Gasteiger partial charge in [-0.15, -0.1) is 0 Å². The van der Waals surface area contributed by atoms with Gasteiger partial charge in [0.2, 0.25) is 0 Å². The number of carbonyl (C=O) groups is 1. The molecule has 0 unspecified atom stereocenters. The summed E-state index contributed by atoms with van der Waals surface area (Å²) >= 11 is 5.75. The second kappa shape index (κ2) is 9.35. The number of rotatable bonds is 7. The van der Waals surface area contributed by atoms with Crippen LogP contribution in [0, 0.1) is 11.6 Å². The second-order valence-electron chi connectivity index (χ2n) is 8.99. The summed E-state index contributed by atoms with van der Waals surface area (Å²) < 4.78 is 58.1. The Morgan fingerprint density at radius 1 is 1.16 bits per heavy atom. The maximum absolute atomic E-state index is 14.7. The van der Waals surface area contributed by atoms with Gasteiger partial charge in [-0.3, -0.25) is 9.59 Å². The summed E-state index contributed by atoms with van der Waals surface area (Å²) in [6.45, 7) is -1.55. The summed E-state index contributed by atoms with van der Waals surface area (Å²) in [5.74, 6) is -6.08. The Balaban J connectivity index is 1.58. The number of aliphatic hydroxyl groups excluding tert-OH is 1. The number of halogens is 5. The standard InChI is InChI=1S/C26H20ClF4N3O3/c27-18-8-5-15(9-19(18)29)20-11-34-10-17(21(13-1-2-13)22(34)25(37)32-20)24(36)33-23(26(30,31)12-35)14-3-6-16(28)7-4-14/h3-11,13,23,35H,1-2,12H2,(H,32,37)(H,33,36)/t23-/m0/s1. The molecular weight excluding hydrogens is 514 g/mol. The van der Waals surface area contributed by atoms with E-state index in [1.807, 2.05) is 0 Å². The van der Waals surface area contributed by atoms with Gasteiger partial charge in [-0.05, 0) is 54.2 Å². The van der Waals surface area contributed by atoms with Crippen molar-refractivity contribution >= 4 is 23.0 Å². The van der Waals surface area contributed by atoms with Gasteiger partial charge in [0.25, 0.3) is 17.4 Å². The van der Waals surface area contributed by atoms with E-state index >= 15 is 0 Å². The summed E-state index contributed by atoms with van der Waals surface area (Å²) in [7, 11) is 0. The van der Waals surface area contributed by atoms with E-state index in [4.69, 9.17) is 11.6 Å². The lowest BCUT2D eigenvalue weighted by Crippen LogP contribution is -2.43. The maximum Gasteiger partial charge on any atom is 0.294 e. The van der Waals surface area contributed by atoms with Gasteiger partial charge >= 0.3 is 0 Å². The van der Waals surface area contributed by atoms with Crippen LogP contribution in [0.15, 0.2) is 59.7 Å². The molecule has 6 nitrogen and oxygen atoms in total. The summed E-state index contributed by atoms with van der Waals surface area (Å²) in [4.78, 5) is 29.1. The van der Waals surface area contributed by atoms with Gasteiger partial charge in [-0.25, -0.2) is 17.6 Å². The molecule has 2 aromatic heterocycles. The number of amides is 1. The Morgan fingerprint density at radius 3 is 2.49 bits per heavy atom. The van der Waals surface area contributed by atoms with Crippen LogP contribution in [0.1, 0.15) is 46.3 Å². The van der Waals surface area contributed by atoms with Crippen molar-refractivity contribution in [2.24, 2.45) is 0 Å². The lowest BCUT2D eigenvalue weighted by Gasteiger charge is -2.26. The molecule has 5 rings (SSSR count). The molecule has 2 aromatic carbocycles. The van der Waals surface area contributed by atoms with Crippen molar-refractivity contribution < 1.29 is 27.5 Å². The van der Waals surface area contributed by atoms with E-state index in [1.54, 1.807) is 0 Å². The third-order valence-electron chi connectivity index (χ3n) is 6.38. The summed E-state index contributed by atoms with van der Waals surface area (Å²) in [5.41, 5.74) is 0.574. The molecule has 0 aliphatic heterocycles. The third kappa shape index (κ3) is 4.74. The number of alkyl halides is 2. The lowest BCUT2D eigenvalue weighted by molar-refractivity contribution is -0.0785. The smallest absolute Gasteiger partial charge is 0.294 e. The number of benzene rings is 2. The van der Waals surface area contributed by atoms with E-state index in [9.17, 15) is 32.3 Å². The molecule has 1 saturated carbocycles. The second-order valence-corrected chi connectivity index (χ2v) is 9.40. The van der Waals surface area contributed by atoms with Crippen LogP contribution >= 0.6 is 11.6 Å². The van der Waals surface area contributed by atoms with E-state index < -0.39 is 41.7 Å². The number of aliphatic hydroxyl groups is 1. The number of nitrogens with one attached hydrogen (secondary N) is 2. The summed E-state index contributed by atoms with van der Waals surface area (Å²) in [5, 5.41) is 11.5. The highest BCUT2D eigenvalue weighted by Gasteiger charge is 2.42. The first kappa shape index (κ1) is 25.0. The van der Waals surface area contributed by atoms with Crippen molar-refractivity contribution in [3.8, 4) is 11.3 Å². The zero-order valence-electron chi connectivity index (χ0n) is 19.1. The number of aromatic amines is 1. The molecule has 11 heteroatoms. The zero-order valence-corrected chi connectivity index (χ0v) is 19.8. The SMILES string of the molecule is O=C(N[C@@H](c1ccc(F)cc1)C(F)(F)CO)c1cn2cc(-c3ccc(Cl)c(F)c3)[nH]c(=O)c2c1C1CC1. The molecule has 1 fully saturated rings. The van der Waals surface area contributed by atoms with Gasteiger partial charge in [-0.2, -0.15) is 0 Å². The number of hydrogen-bond donors (Lipinski definition) is 3. The third-order valence-corrected chi connectivity index (χ3v) is 6.68. The molecule has 0 saturated heterocycles. The first-order valence-corrected chi connectivity index (χ1v) is 11.7. The molecule has 0 radical (unpaired) electrons. The van der Waals surface area contributed by atoms with Crippen LogP contribution in [-0.4, -0.2) is 32.9 Å². The highest BCUT2D eigenvalue weighted by molar-refractivity contribution is 6.30. The van der Waals surface area contributed by atoms with E-state index in [-0.39, 0.29) is 33.3 Å². The number of nitrogens with zero attached hydrogens (tertiary/aromatic N) is 1. The van der Waals surface area contributed by atoms with Crippen molar-refractivity contribution in [3.63, 3.8) is 0 Å². The van der Waals surface area contributed by atoms with Gasteiger partial charge in [0.1, 0.15) is 29.8 Å². The van der Waals surface area contributed by atoms with E-state index in [2.05, 4.69) is 10.3 Å². The number of carbonyl (C=O) groups excluding carboxylic acids is 1. The zero-order chi connectivity index (χ0) is 26.5. The van der Waals surface area contributed by atoms with Gasteiger partial charge in [-0.1, -0.05) is 29.8 Å². The minimum atomic E-state index is -3.75. The highest BCUT2D eigenvalue weighted by Crippen LogP contribution is 2.44. The van der Waals surface area contributed by atoms with Gasteiger partial charge < -0.3 is 19.8 Å². The average molecular weight is 534 g/mol. The molecule has 0 bridgehead atoms. The largest absolute Gasteiger partial charge is 0.390 e. The molecule has 3 N–H and O–H groups in total. The monoisotopic (exact) mass is 533 g/mol. The van der Waals surface area contributed by atoms with E-state index in [1.165, 1.54) is 28.9 Å². The van der Waals surface area contributed by atoms with Crippen LogP contribution in [0.25, 0.3) is 16.8 Å². The minimum absolute atomic E-state index is 0.0216. The molecule has 1 amide bonds. The molecule has 2 heterocycles. The van der Waals surface area contributed by atoms with Crippen LogP contribution in [0.2, 0.25) is 5.02 Å². The fraction of sp³-hybridized carbons (Fsp3) is 0.231. The molecule has 0 spiro atoms. The van der Waals surface area contributed by atoms with E-state index in [0.29, 0.717) is 24.0 Å². The van der Waals surface area contributed by atoms with Crippen molar-refractivity contribution in [1.82, 2.24) is 14.7 Å². The molecule has 4 aromatic rings. The van der Waals surface area contributed by atoms with Gasteiger partial charge in [0.05, 0.1) is 16.3 Å². The van der Waals surface area contributed by atoms with Crippen molar-refractivity contribution in [1.29, 1.82) is 0 Å². The summed E-state index contributed by atoms with van der Waals surface area (Å²) in [6.07, 6.45) is 4.28. The van der Waals surface area contributed by atoms with Gasteiger partial charge in [0.15, 0.2) is 0 Å². The van der Waals surface area contributed by atoms with Crippen molar-refractivity contribution in [3.05, 3.63) is 98.6 Å².